The first-order valence-electron chi connectivity index (χ1n) is 5.78. The van der Waals surface area contributed by atoms with Gasteiger partial charge in [-0.05, 0) is 26.9 Å². The van der Waals surface area contributed by atoms with Gasteiger partial charge in [0.25, 0.3) is 0 Å². The Bertz CT molecular complexity index is 115. The molecule has 0 aromatic rings. The van der Waals surface area contributed by atoms with Crippen LogP contribution in [0.3, 0.4) is 0 Å². The number of hydrogen-bond donors (Lipinski definition) is 0. The van der Waals surface area contributed by atoms with Gasteiger partial charge in [0.1, 0.15) is 7.28 Å². The monoisotopic (exact) mass is 183 g/mol. The van der Waals surface area contributed by atoms with E-state index in [1.807, 2.05) is 0 Å². The second-order valence-electron chi connectivity index (χ2n) is 4.50. The van der Waals surface area contributed by atoms with E-state index < -0.39 is 0 Å². The fourth-order valence-electron chi connectivity index (χ4n) is 1.67. The number of nitrogens with zero attached hydrogens (tertiary/aromatic N) is 1. The molecule has 2 heteroatoms. The molecule has 13 heavy (non-hydrogen) atoms. The lowest BCUT2D eigenvalue weighted by atomic mass is 9.66. The van der Waals surface area contributed by atoms with Crippen LogP contribution >= 0.6 is 0 Å². The van der Waals surface area contributed by atoms with Crippen molar-refractivity contribution < 1.29 is 0 Å². The lowest BCUT2D eigenvalue weighted by Crippen LogP contribution is -2.28. The van der Waals surface area contributed by atoms with Crippen molar-refractivity contribution in [2.75, 3.05) is 14.1 Å². The fourth-order valence-corrected chi connectivity index (χ4v) is 1.67. The molecule has 1 nitrogen and oxygen atoms in total. The van der Waals surface area contributed by atoms with E-state index in [4.69, 9.17) is 0 Å². The maximum absolute atomic E-state index is 2.38. The molecular weight excluding hydrogens is 157 g/mol. The fraction of sp³-hybridized carbons (Fsp3) is 1.00. The Balaban J connectivity index is 3.68. The van der Waals surface area contributed by atoms with Crippen LogP contribution in [0.1, 0.15) is 39.5 Å². The molecule has 0 saturated heterocycles. The van der Waals surface area contributed by atoms with Crippen LogP contribution in [0.5, 0.6) is 0 Å². The van der Waals surface area contributed by atoms with Crippen molar-refractivity contribution in [3.63, 3.8) is 0 Å². The lowest BCUT2D eigenvalue weighted by Gasteiger charge is -2.24. The molecule has 0 rings (SSSR count). The van der Waals surface area contributed by atoms with Gasteiger partial charge in [0, 0.05) is 6.04 Å². The third-order valence-electron chi connectivity index (χ3n) is 3.04. The normalized spacial score (nSPS) is 15.8. The van der Waals surface area contributed by atoms with E-state index in [1.54, 1.807) is 0 Å². The van der Waals surface area contributed by atoms with E-state index in [2.05, 4.69) is 39.7 Å². The molecule has 0 fully saturated rings. The summed E-state index contributed by atoms with van der Waals surface area (Å²) in [6, 6.07) is 0.805. The van der Waals surface area contributed by atoms with Gasteiger partial charge in [0.2, 0.25) is 0 Å². The molecule has 0 amide bonds. The summed E-state index contributed by atoms with van der Waals surface area (Å²) in [5.41, 5.74) is 0. The molecule has 0 aromatic heterocycles. The third-order valence-corrected chi connectivity index (χ3v) is 3.04. The molecule has 0 saturated carbocycles. The molecule has 78 valence electrons. The molecule has 0 heterocycles. The van der Waals surface area contributed by atoms with Crippen LogP contribution in [0.2, 0.25) is 12.6 Å². The Morgan fingerprint density at radius 2 is 1.77 bits per heavy atom. The Kier molecular flexibility index (Phi) is 7.45. The van der Waals surface area contributed by atoms with Crippen molar-refractivity contribution >= 4 is 7.28 Å². The van der Waals surface area contributed by atoms with Crippen molar-refractivity contribution in [1.82, 2.24) is 4.90 Å². The van der Waals surface area contributed by atoms with Crippen LogP contribution in [-0.4, -0.2) is 32.3 Å². The standard InChI is InChI=1S/C11H26BN/c1-6-7-11(13(4)5)9-8-10(2)12-3/h10-12H,6-9H2,1-5H3. The second-order valence-corrected chi connectivity index (χ2v) is 4.50. The van der Waals surface area contributed by atoms with Gasteiger partial charge < -0.3 is 4.90 Å². The van der Waals surface area contributed by atoms with Gasteiger partial charge in [-0.25, -0.2) is 0 Å². The van der Waals surface area contributed by atoms with Crippen molar-refractivity contribution in [1.29, 1.82) is 0 Å². The molecule has 0 N–H and O–H groups in total. The molecule has 0 radical (unpaired) electrons. The lowest BCUT2D eigenvalue weighted by molar-refractivity contribution is 0.257. The maximum Gasteiger partial charge on any atom is 0.120 e. The summed E-state index contributed by atoms with van der Waals surface area (Å²) in [7, 11) is 5.74. The van der Waals surface area contributed by atoms with Crippen LogP contribution in [0.4, 0.5) is 0 Å². The minimum atomic E-state index is 0.805. The van der Waals surface area contributed by atoms with Crippen molar-refractivity contribution in [3.05, 3.63) is 0 Å². The quantitative estimate of drug-likeness (QED) is 0.548. The highest BCUT2D eigenvalue weighted by molar-refractivity contribution is 6.35. The molecule has 2 unspecified atom stereocenters. The van der Waals surface area contributed by atoms with Crippen molar-refractivity contribution in [3.8, 4) is 0 Å². The van der Waals surface area contributed by atoms with Gasteiger partial charge >= 0.3 is 0 Å². The zero-order valence-electron chi connectivity index (χ0n) is 10.1. The zero-order chi connectivity index (χ0) is 10.3. The Morgan fingerprint density at radius 3 is 2.15 bits per heavy atom. The van der Waals surface area contributed by atoms with Crippen LogP contribution < -0.4 is 0 Å². The van der Waals surface area contributed by atoms with E-state index in [-0.39, 0.29) is 0 Å². The molecule has 0 spiro atoms. The van der Waals surface area contributed by atoms with E-state index in [0.717, 1.165) is 11.9 Å². The molecule has 2 atom stereocenters. The van der Waals surface area contributed by atoms with Crippen molar-refractivity contribution in [2.45, 2.75) is 58.2 Å². The van der Waals surface area contributed by atoms with Gasteiger partial charge in [-0.1, -0.05) is 39.3 Å². The molecular formula is C11H26BN. The van der Waals surface area contributed by atoms with Gasteiger partial charge in [0.05, 0.1) is 0 Å². The highest BCUT2D eigenvalue weighted by Crippen LogP contribution is 2.17. The zero-order valence-corrected chi connectivity index (χ0v) is 10.1. The molecule has 0 bridgehead atoms. The van der Waals surface area contributed by atoms with Gasteiger partial charge in [0.15, 0.2) is 0 Å². The minimum absolute atomic E-state index is 0.805. The predicted molar refractivity (Wildman–Crippen MR) is 64.1 cm³/mol. The highest BCUT2D eigenvalue weighted by atomic mass is 15.1. The third kappa shape index (κ3) is 6.14. The summed E-state index contributed by atoms with van der Waals surface area (Å²) in [6.07, 6.45) is 5.42. The first-order chi connectivity index (χ1) is 6.11. The summed E-state index contributed by atoms with van der Waals surface area (Å²) in [5, 5.41) is 0. The smallest absolute Gasteiger partial charge is 0.120 e. The van der Waals surface area contributed by atoms with E-state index >= 15 is 0 Å². The summed E-state index contributed by atoms with van der Waals surface area (Å²) >= 11 is 0. The number of rotatable bonds is 7. The van der Waals surface area contributed by atoms with Crippen molar-refractivity contribution in [2.24, 2.45) is 0 Å². The van der Waals surface area contributed by atoms with Gasteiger partial charge in [-0.15, -0.1) is 0 Å². The van der Waals surface area contributed by atoms with Gasteiger partial charge in [-0.3, -0.25) is 0 Å². The van der Waals surface area contributed by atoms with Crippen LogP contribution in [-0.2, 0) is 0 Å². The van der Waals surface area contributed by atoms with E-state index in [9.17, 15) is 0 Å². The Hall–Kier alpha value is 0.0249. The second kappa shape index (κ2) is 7.43. The van der Waals surface area contributed by atoms with Crippen LogP contribution in [0.15, 0.2) is 0 Å². The van der Waals surface area contributed by atoms with E-state index in [1.165, 1.54) is 33.0 Å². The molecule has 0 aliphatic carbocycles. The Morgan fingerprint density at radius 1 is 1.15 bits per heavy atom. The molecule has 0 aliphatic rings. The largest absolute Gasteiger partial charge is 0.306 e. The minimum Gasteiger partial charge on any atom is -0.306 e. The van der Waals surface area contributed by atoms with Gasteiger partial charge in [-0.2, -0.15) is 0 Å². The highest BCUT2D eigenvalue weighted by Gasteiger charge is 2.11. The summed E-state index contributed by atoms with van der Waals surface area (Å²) in [6.45, 7) is 6.92. The Labute approximate surface area is 85.1 Å². The molecule has 0 aromatic carbocycles. The van der Waals surface area contributed by atoms with E-state index in [0.29, 0.717) is 0 Å². The average Bonchev–Trinajstić information content (AvgIpc) is 2.11. The summed E-state index contributed by atoms with van der Waals surface area (Å²) < 4.78 is 0. The predicted octanol–water partition coefficient (Wildman–Crippen LogP) is 2.79. The average molecular weight is 183 g/mol. The molecule has 0 aliphatic heterocycles. The first-order valence-corrected chi connectivity index (χ1v) is 5.78. The maximum atomic E-state index is 2.38. The summed E-state index contributed by atoms with van der Waals surface area (Å²) in [4.78, 5) is 2.38. The van der Waals surface area contributed by atoms with Crippen LogP contribution in [0, 0.1) is 0 Å². The topological polar surface area (TPSA) is 3.24 Å². The summed E-state index contributed by atoms with van der Waals surface area (Å²) in [5.74, 6) is 0.902. The van der Waals surface area contributed by atoms with Crippen LogP contribution in [0.25, 0.3) is 0 Å². The number of hydrogen-bond acceptors (Lipinski definition) is 1. The SMILES string of the molecule is CBC(C)CCC(CCC)N(C)C. The first kappa shape index (κ1) is 13.0.